The van der Waals surface area contributed by atoms with E-state index in [0.29, 0.717) is 28.2 Å². The van der Waals surface area contributed by atoms with Gasteiger partial charge in [0.1, 0.15) is 35.4 Å². The Labute approximate surface area is 228 Å². The molecule has 0 saturated heterocycles. The van der Waals surface area contributed by atoms with Crippen molar-refractivity contribution in [2.24, 2.45) is 10.7 Å². The Bertz CT molecular complexity index is 1350. The molecule has 0 aliphatic carbocycles. The number of carbonyl (C=O) groups excluding carboxylic acids is 2. The second kappa shape index (κ2) is 9.24. The van der Waals surface area contributed by atoms with Crippen LogP contribution in [0, 0.1) is 0 Å². The summed E-state index contributed by atoms with van der Waals surface area (Å²) in [6.07, 6.45) is -0.344. The van der Waals surface area contributed by atoms with E-state index in [0.717, 1.165) is 0 Å². The monoisotopic (exact) mass is 536 g/mol. The van der Waals surface area contributed by atoms with Crippen LogP contribution in [0.1, 0.15) is 74.6 Å². The van der Waals surface area contributed by atoms with Gasteiger partial charge in [-0.25, -0.2) is 4.99 Å². The van der Waals surface area contributed by atoms with Gasteiger partial charge in [0, 0.05) is 23.8 Å². The van der Waals surface area contributed by atoms with Gasteiger partial charge in [-0.15, -0.1) is 0 Å². The number of guanidine groups is 1. The van der Waals surface area contributed by atoms with Crippen LogP contribution in [0.3, 0.4) is 0 Å². The minimum Gasteiger partial charge on any atom is -0.490 e. The number of rotatable bonds is 4. The fraction of sp³-hybridized carbons (Fsp3) is 0.483. The van der Waals surface area contributed by atoms with Gasteiger partial charge in [-0.1, -0.05) is 18.2 Å². The van der Waals surface area contributed by atoms with Crippen LogP contribution in [0.4, 0.5) is 0 Å². The van der Waals surface area contributed by atoms with Gasteiger partial charge >= 0.3 is 0 Å². The van der Waals surface area contributed by atoms with Crippen LogP contribution in [0.25, 0.3) is 0 Å². The highest BCUT2D eigenvalue weighted by molar-refractivity contribution is 6.00. The summed E-state index contributed by atoms with van der Waals surface area (Å²) in [6, 6.07) is 11.0. The summed E-state index contributed by atoms with van der Waals surface area (Å²) >= 11 is 0. The average Bonchev–Trinajstić information content (AvgIpc) is 2.85. The Balaban J connectivity index is 1.52. The molecule has 0 aromatic heterocycles. The van der Waals surface area contributed by atoms with Crippen LogP contribution in [-0.4, -0.2) is 64.3 Å². The standard InChI is InChI=1S/C29H36N4O6/c1-27(2)14-22(34)33(26(30)32-27)23-18-13-16(11-12-19(18)38-15-21(23)37-6)25(35)31-24-17-9-7-8-10-20(17)39-28(3,4)29(24,5)36/h7-13,21,23-24,36H,14-15H2,1-6H3,(H2,30,32)(H,31,35)/t21?,23?,24-,29+/m1/s1. The Hall–Kier alpha value is -3.63. The lowest BCUT2D eigenvalue weighted by atomic mass is 9.75. The molecule has 0 saturated carbocycles. The third-order valence-electron chi connectivity index (χ3n) is 8.09. The highest BCUT2D eigenvalue weighted by Crippen LogP contribution is 2.46. The van der Waals surface area contributed by atoms with Crippen molar-refractivity contribution in [3.05, 3.63) is 59.2 Å². The molecule has 2 aromatic rings. The number of nitrogens with one attached hydrogen (secondary N) is 1. The molecule has 0 bridgehead atoms. The maximum absolute atomic E-state index is 13.7. The molecule has 0 spiro atoms. The van der Waals surface area contributed by atoms with Crippen molar-refractivity contribution in [1.82, 2.24) is 10.2 Å². The number of carbonyl (C=O) groups is 2. The number of aliphatic hydroxyl groups is 1. The molecule has 3 heterocycles. The van der Waals surface area contributed by atoms with Crippen LogP contribution in [0.15, 0.2) is 47.5 Å². The second-order valence-corrected chi connectivity index (χ2v) is 11.7. The van der Waals surface area contributed by atoms with Crippen molar-refractivity contribution in [2.45, 2.75) is 76.0 Å². The molecule has 10 heteroatoms. The van der Waals surface area contributed by atoms with Gasteiger partial charge in [0.2, 0.25) is 5.91 Å². The predicted molar refractivity (Wildman–Crippen MR) is 145 cm³/mol. The molecule has 2 unspecified atom stereocenters. The van der Waals surface area contributed by atoms with Crippen molar-refractivity contribution in [1.29, 1.82) is 0 Å². The van der Waals surface area contributed by atoms with E-state index in [1.807, 2.05) is 38.1 Å². The average molecular weight is 537 g/mol. The van der Waals surface area contributed by atoms with Gasteiger partial charge in [-0.2, -0.15) is 0 Å². The quantitative estimate of drug-likeness (QED) is 0.547. The third-order valence-corrected chi connectivity index (χ3v) is 8.09. The van der Waals surface area contributed by atoms with E-state index in [-0.39, 0.29) is 24.9 Å². The number of para-hydroxylation sites is 1. The minimum atomic E-state index is -1.42. The SMILES string of the molecule is COC1COc2ccc(C(=O)N[C@@H]3c4ccccc4OC(C)(C)[C@@]3(C)O)cc2C1N1C(=O)CC(C)(C)N=C1N. The zero-order chi connectivity index (χ0) is 28.3. The van der Waals surface area contributed by atoms with E-state index in [1.54, 1.807) is 46.1 Å². The topological polar surface area (TPSA) is 136 Å². The highest BCUT2D eigenvalue weighted by atomic mass is 16.5. The third kappa shape index (κ3) is 4.51. The number of hydrogen-bond acceptors (Lipinski definition) is 8. The molecule has 2 aromatic carbocycles. The van der Waals surface area contributed by atoms with Crippen molar-refractivity contribution in [3.63, 3.8) is 0 Å². The van der Waals surface area contributed by atoms with Crippen LogP contribution >= 0.6 is 0 Å². The molecular weight excluding hydrogens is 500 g/mol. The van der Waals surface area contributed by atoms with Crippen LogP contribution in [0.2, 0.25) is 0 Å². The molecule has 0 radical (unpaired) electrons. The molecule has 0 fully saturated rings. The summed E-state index contributed by atoms with van der Waals surface area (Å²) in [7, 11) is 1.54. The first-order valence-electron chi connectivity index (χ1n) is 13.0. The van der Waals surface area contributed by atoms with E-state index in [4.69, 9.17) is 19.9 Å². The van der Waals surface area contributed by atoms with Crippen molar-refractivity contribution < 1.29 is 28.9 Å². The first-order chi connectivity index (χ1) is 18.3. The smallest absolute Gasteiger partial charge is 0.251 e. The lowest BCUT2D eigenvalue weighted by Gasteiger charge is -2.49. The molecule has 2 amide bonds. The van der Waals surface area contributed by atoms with Gasteiger partial charge < -0.3 is 30.4 Å². The molecule has 4 atom stereocenters. The lowest BCUT2D eigenvalue weighted by Crippen LogP contribution is -2.62. The maximum Gasteiger partial charge on any atom is 0.251 e. The van der Waals surface area contributed by atoms with Gasteiger partial charge in [-0.3, -0.25) is 14.5 Å². The minimum absolute atomic E-state index is 0.100. The Morgan fingerprint density at radius 3 is 2.54 bits per heavy atom. The van der Waals surface area contributed by atoms with Crippen LogP contribution in [0.5, 0.6) is 11.5 Å². The van der Waals surface area contributed by atoms with Gasteiger partial charge in [0.05, 0.1) is 24.0 Å². The highest BCUT2D eigenvalue weighted by Gasteiger charge is 2.53. The Kier molecular flexibility index (Phi) is 6.38. The number of aliphatic imine (C=N–C) groups is 1. The number of methoxy groups -OCH3 is 1. The summed E-state index contributed by atoms with van der Waals surface area (Å²) < 4.78 is 17.7. The molecule has 208 valence electrons. The summed E-state index contributed by atoms with van der Waals surface area (Å²) in [6.45, 7) is 9.14. The van der Waals surface area contributed by atoms with E-state index in [2.05, 4.69) is 10.3 Å². The zero-order valence-electron chi connectivity index (χ0n) is 23.1. The molecule has 5 rings (SSSR count). The number of amides is 2. The van der Waals surface area contributed by atoms with E-state index >= 15 is 0 Å². The van der Waals surface area contributed by atoms with Crippen LogP contribution < -0.4 is 20.5 Å². The Morgan fingerprint density at radius 2 is 1.85 bits per heavy atom. The van der Waals surface area contributed by atoms with Gasteiger partial charge in [0.15, 0.2) is 5.96 Å². The number of benzene rings is 2. The normalized spacial score (nSPS) is 28.8. The van der Waals surface area contributed by atoms with Crippen molar-refractivity contribution in [2.75, 3.05) is 13.7 Å². The number of hydrogen-bond donors (Lipinski definition) is 3. The molecular formula is C29H36N4O6. The second-order valence-electron chi connectivity index (χ2n) is 11.7. The first-order valence-corrected chi connectivity index (χ1v) is 13.0. The molecule has 10 nitrogen and oxygen atoms in total. The molecule has 3 aliphatic heterocycles. The van der Waals surface area contributed by atoms with Gasteiger partial charge in [-0.05, 0) is 58.9 Å². The van der Waals surface area contributed by atoms with Crippen LogP contribution in [-0.2, 0) is 9.53 Å². The number of fused-ring (bicyclic) bond motifs is 2. The summed E-state index contributed by atoms with van der Waals surface area (Å²) in [5.41, 5.74) is 4.91. The summed E-state index contributed by atoms with van der Waals surface area (Å²) in [5.74, 6) is 0.645. The zero-order valence-corrected chi connectivity index (χ0v) is 23.1. The number of ether oxygens (including phenoxy) is 3. The Morgan fingerprint density at radius 1 is 1.13 bits per heavy atom. The van der Waals surface area contributed by atoms with E-state index in [1.165, 1.54) is 4.90 Å². The fourth-order valence-electron chi connectivity index (χ4n) is 5.58. The van der Waals surface area contributed by atoms with Gasteiger partial charge in [0.25, 0.3) is 5.91 Å². The van der Waals surface area contributed by atoms with E-state index in [9.17, 15) is 14.7 Å². The predicted octanol–water partition coefficient (Wildman–Crippen LogP) is 2.85. The summed E-state index contributed by atoms with van der Waals surface area (Å²) in [5, 5.41) is 14.6. The van der Waals surface area contributed by atoms with Crippen molar-refractivity contribution in [3.8, 4) is 11.5 Å². The molecule has 39 heavy (non-hydrogen) atoms. The maximum atomic E-state index is 13.7. The number of nitrogens with zero attached hydrogens (tertiary/aromatic N) is 2. The lowest BCUT2D eigenvalue weighted by molar-refractivity contribution is -0.137. The number of nitrogens with two attached hydrogens (primary N) is 1. The van der Waals surface area contributed by atoms with Crippen molar-refractivity contribution >= 4 is 17.8 Å². The summed E-state index contributed by atoms with van der Waals surface area (Å²) in [4.78, 5) is 32.9. The largest absolute Gasteiger partial charge is 0.490 e. The molecule has 3 aliphatic rings. The van der Waals surface area contributed by atoms with E-state index < -0.39 is 40.8 Å². The fourth-order valence-corrected chi connectivity index (χ4v) is 5.58. The molecule has 4 N–H and O–H groups in total. The first kappa shape index (κ1) is 27.0.